The van der Waals surface area contributed by atoms with Gasteiger partial charge in [-0.2, -0.15) is 14.0 Å². The van der Waals surface area contributed by atoms with Gasteiger partial charge in [0.15, 0.2) is 0 Å². The van der Waals surface area contributed by atoms with Gasteiger partial charge in [0.1, 0.15) is 18.6 Å². The molecule has 0 saturated heterocycles. The Morgan fingerprint density at radius 1 is 1.06 bits per heavy atom. The maximum atomic E-state index is 12.5. The molecule has 1 heterocycles. The average Bonchev–Trinajstić information content (AvgIpc) is 3.18. The van der Waals surface area contributed by atoms with Gasteiger partial charge in [-0.1, -0.05) is 45.7 Å². The number of nitrogens with two attached hydrogens (primary N) is 1. The molecule has 3 rings (SSSR count). The number of aryl methyl sites for hydroxylation is 1. The first-order valence-corrected chi connectivity index (χ1v) is 11.1. The molecule has 2 aromatic carbocycles. The Bertz CT molecular complexity index is 1000. The summed E-state index contributed by atoms with van der Waals surface area (Å²) < 4.78 is 31.3. The Balaban J connectivity index is 0.000000934. The Labute approximate surface area is 200 Å². The number of alkyl halides is 2. The molecule has 3 N–H and O–H groups in total. The quantitative estimate of drug-likeness (QED) is 0.402. The molecule has 0 bridgehead atoms. The number of fused-ring (bicyclic) bond motifs is 1. The second-order valence-corrected chi connectivity index (χ2v) is 6.98. The number of hydrogen-bond donors (Lipinski definition) is 2. The van der Waals surface area contributed by atoms with Crippen LogP contribution in [-0.4, -0.2) is 29.7 Å². The lowest BCUT2D eigenvalue weighted by molar-refractivity contribution is -0.0980. The van der Waals surface area contributed by atoms with Gasteiger partial charge in [0.25, 0.3) is 0 Å². The molecule has 0 saturated carbocycles. The van der Waals surface area contributed by atoms with Gasteiger partial charge in [-0.3, -0.25) is 0 Å². The van der Waals surface area contributed by atoms with Crippen molar-refractivity contribution < 1.29 is 23.4 Å². The molecule has 0 spiro atoms. The van der Waals surface area contributed by atoms with Gasteiger partial charge < -0.3 is 24.9 Å². The maximum absolute atomic E-state index is 12.5. The predicted octanol–water partition coefficient (Wildman–Crippen LogP) is 6.39. The minimum absolute atomic E-state index is 0.0676. The number of nitrogens with zero attached hydrogens (tertiary/aromatic N) is 2. The third-order valence-corrected chi connectivity index (χ3v) is 4.60. The summed E-state index contributed by atoms with van der Waals surface area (Å²) in [4.78, 5) is 8.00. The Kier molecular flexibility index (Phi) is 15.4. The number of hydrogen-bond acceptors (Lipinski definition) is 5. The number of benzene rings is 2. The number of nitriles is 1. The number of aliphatic hydroxyl groups excluding tert-OH is 1. The minimum Gasteiger partial charge on any atom is -0.435 e. The summed E-state index contributed by atoms with van der Waals surface area (Å²) in [6.45, 7) is 8.23. The summed E-state index contributed by atoms with van der Waals surface area (Å²) in [6, 6.07) is 14.1. The summed E-state index contributed by atoms with van der Waals surface area (Å²) in [7, 11) is 0. The molecule has 0 fully saturated rings. The topological polar surface area (TPSA) is 101 Å². The first-order valence-electron chi connectivity index (χ1n) is 11.1. The molecule has 0 aliphatic heterocycles. The van der Waals surface area contributed by atoms with Crippen molar-refractivity contribution in [3.05, 3.63) is 48.0 Å². The minimum atomic E-state index is -2.89. The van der Waals surface area contributed by atoms with E-state index in [0.29, 0.717) is 35.3 Å². The van der Waals surface area contributed by atoms with Crippen LogP contribution in [-0.2, 0) is 11.3 Å². The van der Waals surface area contributed by atoms with E-state index < -0.39 is 6.61 Å². The molecule has 0 aliphatic carbocycles. The summed E-state index contributed by atoms with van der Waals surface area (Å²) >= 11 is 0. The monoisotopic (exact) mass is 475 g/mol. The van der Waals surface area contributed by atoms with Crippen LogP contribution in [0.2, 0.25) is 0 Å². The lowest BCUT2D eigenvalue weighted by atomic mass is 10.1. The van der Waals surface area contributed by atoms with Crippen LogP contribution in [0.3, 0.4) is 0 Å². The second-order valence-electron chi connectivity index (χ2n) is 6.98. The molecule has 0 radical (unpaired) electrons. The van der Waals surface area contributed by atoms with E-state index in [0.717, 1.165) is 17.7 Å². The molecule has 34 heavy (non-hydrogen) atoms. The Morgan fingerprint density at radius 3 is 2.03 bits per heavy atom. The van der Waals surface area contributed by atoms with Gasteiger partial charge >= 0.3 is 6.61 Å². The van der Waals surface area contributed by atoms with Crippen LogP contribution < -0.4 is 10.5 Å². The molecular formula is C26H35F2N3O3. The lowest BCUT2D eigenvalue weighted by Gasteiger charge is -2.10. The maximum Gasteiger partial charge on any atom is 0.387 e. The number of ether oxygens (including phenoxy) is 1. The third kappa shape index (κ3) is 8.83. The second kappa shape index (κ2) is 17.1. The number of anilines is 1. The number of nitrogen functional groups attached to an aromatic ring is 1. The summed E-state index contributed by atoms with van der Waals surface area (Å²) in [5, 5.41) is 18.2. The summed E-state index contributed by atoms with van der Waals surface area (Å²) in [6.07, 6.45) is 3.51. The molecule has 8 heteroatoms. The number of carbonyl (C=O) groups is 1. The molecule has 0 atom stereocenters. The average molecular weight is 476 g/mol. The summed E-state index contributed by atoms with van der Waals surface area (Å²) in [5.41, 5.74) is 9.12. The molecule has 0 aliphatic rings. The van der Waals surface area contributed by atoms with E-state index in [4.69, 9.17) is 15.6 Å². The zero-order chi connectivity index (χ0) is 26.1. The van der Waals surface area contributed by atoms with E-state index in [1.54, 1.807) is 18.2 Å². The van der Waals surface area contributed by atoms with Crippen molar-refractivity contribution in [2.75, 3.05) is 12.3 Å². The molecular weight excluding hydrogens is 440 g/mol. The highest BCUT2D eigenvalue weighted by Gasteiger charge is 2.19. The van der Waals surface area contributed by atoms with Crippen LogP contribution in [0.5, 0.6) is 5.75 Å². The first-order chi connectivity index (χ1) is 16.4. The molecule has 0 unspecified atom stereocenters. The molecule has 0 amide bonds. The van der Waals surface area contributed by atoms with E-state index in [-0.39, 0.29) is 5.75 Å². The number of aromatic nitrogens is 1. The highest BCUT2D eigenvalue weighted by molar-refractivity contribution is 5.95. The van der Waals surface area contributed by atoms with Crippen LogP contribution >= 0.6 is 0 Å². The van der Waals surface area contributed by atoms with Crippen molar-refractivity contribution in [1.82, 2.24) is 4.57 Å². The number of rotatable bonds is 6. The number of carbonyl (C=O) groups excluding carboxylic acids is 1. The molecule has 6 nitrogen and oxygen atoms in total. The smallest absolute Gasteiger partial charge is 0.387 e. The fourth-order valence-corrected chi connectivity index (χ4v) is 2.89. The predicted molar refractivity (Wildman–Crippen MR) is 134 cm³/mol. The van der Waals surface area contributed by atoms with Crippen LogP contribution in [0.4, 0.5) is 14.5 Å². The number of halogens is 2. The fraction of sp³-hybridized carbons (Fsp3) is 0.385. The first kappa shape index (κ1) is 30.6. The molecule has 1 aromatic heterocycles. The Morgan fingerprint density at radius 2 is 1.62 bits per heavy atom. The van der Waals surface area contributed by atoms with Gasteiger partial charge in [-0.05, 0) is 43.2 Å². The van der Waals surface area contributed by atoms with Gasteiger partial charge in [-0.15, -0.1) is 0 Å². The van der Waals surface area contributed by atoms with Crippen molar-refractivity contribution in [3.8, 4) is 23.1 Å². The highest BCUT2D eigenvalue weighted by Crippen LogP contribution is 2.35. The SMILES string of the molecule is C=O.CCCC.CCCO.CCn1c(-c2ccc(N)cc2)c(C#N)c2ccc(OC(F)F)cc21. The van der Waals surface area contributed by atoms with Crippen molar-refractivity contribution >= 4 is 23.4 Å². The standard InChI is InChI=1S/C18H15F2N3O.C4H10.C3H8O.CH2O/c1-2-23-16-9-13(24-18(19)20)7-8-14(16)15(10-21)17(23)11-3-5-12(22)6-4-11;1-3-4-2;1-2-3-4;1-2/h3-9,18H,2,22H2,1H3;3-4H2,1-2H3;4H,2-3H2,1H3;1H2. The van der Waals surface area contributed by atoms with Crippen LogP contribution in [0.15, 0.2) is 42.5 Å². The Hall–Kier alpha value is -3.44. The van der Waals surface area contributed by atoms with E-state index in [9.17, 15) is 14.0 Å². The van der Waals surface area contributed by atoms with E-state index in [1.807, 2.05) is 37.3 Å². The zero-order valence-corrected chi connectivity index (χ0v) is 20.4. The highest BCUT2D eigenvalue weighted by atomic mass is 19.3. The van der Waals surface area contributed by atoms with Gasteiger partial charge in [-0.25, -0.2) is 0 Å². The number of aliphatic hydroxyl groups is 1. The van der Waals surface area contributed by atoms with Crippen molar-refractivity contribution in [3.63, 3.8) is 0 Å². The summed E-state index contributed by atoms with van der Waals surface area (Å²) in [5.74, 6) is 0.0676. The van der Waals surface area contributed by atoms with Gasteiger partial charge in [0.05, 0.1) is 16.8 Å². The van der Waals surface area contributed by atoms with Crippen LogP contribution in [0.1, 0.15) is 52.5 Å². The van der Waals surface area contributed by atoms with Crippen LogP contribution in [0, 0.1) is 11.3 Å². The largest absolute Gasteiger partial charge is 0.435 e. The van der Waals surface area contributed by atoms with E-state index >= 15 is 0 Å². The molecule has 3 aromatic rings. The van der Waals surface area contributed by atoms with Crippen molar-refractivity contribution in [2.24, 2.45) is 0 Å². The fourth-order valence-electron chi connectivity index (χ4n) is 2.89. The third-order valence-electron chi connectivity index (χ3n) is 4.60. The van der Waals surface area contributed by atoms with Crippen molar-refractivity contribution in [1.29, 1.82) is 5.26 Å². The van der Waals surface area contributed by atoms with Gasteiger partial charge in [0, 0.05) is 30.3 Å². The van der Waals surface area contributed by atoms with E-state index in [2.05, 4.69) is 24.7 Å². The van der Waals surface area contributed by atoms with E-state index in [1.165, 1.54) is 25.0 Å². The van der Waals surface area contributed by atoms with Crippen molar-refractivity contribution in [2.45, 2.75) is 60.1 Å². The molecule has 186 valence electrons. The zero-order valence-electron chi connectivity index (χ0n) is 20.4. The number of unbranched alkanes of at least 4 members (excludes halogenated alkanes) is 1. The lowest BCUT2D eigenvalue weighted by Crippen LogP contribution is -2.02. The van der Waals surface area contributed by atoms with Crippen LogP contribution in [0.25, 0.3) is 22.2 Å². The van der Waals surface area contributed by atoms with Gasteiger partial charge in [0.2, 0.25) is 0 Å². The normalized spacial score (nSPS) is 9.62.